The van der Waals surface area contributed by atoms with Crippen molar-refractivity contribution in [2.24, 2.45) is 0 Å². The second-order valence-electron chi connectivity index (χ2n) is 4.68. The maximum atomic E-state index is 12.2. The molecular weight excluding hydrogens is 252 g/mol. The Hall–Kier alpha value is -2.69. The molecule has 0 saturated carbocycles. The minimum absolute atomic E-state index is 0.124. The van der Waals surface area contributed by atoms with Crippen LogP contribution in [0.2, 0.25) is 0 Å². The van der Waals surface area contributed by atoms with Crippen molar-refractivity contribution >= 4 is 11.4 Å². The number of imidazole rings is 1. The molecule has 0 spiro atoms. The molecular formula is C15H14N4O. The average molecular weight is 266 g/mol. The van der Waals surface area contributed by atoms with Crippen LogP contribution in [0.15, 0.2) is 48.9 Å². The summed E-state index contributed by atoms with van der Waals surface area (Å²) in [7, 11) is 3.44. The Labute approximate surface area is 116 Å². The Morgan fingerprint density at radius 1 is 1.20 bits per heavy atom. The van der Waals surface area contributed by atoms with Crippen LogP contribution in [0.4, 0.5) is 0 Å². The number of hydrogen-bond donors (Lipinski definition) is 0. The molecule has 0 aromatic carbocycles. The van der Waals surface area contributed by atoms with Crippen LogP contribution in [0.3, 0.4) is 0 Å². The molecule has 5 nitrogen and oxygen atoms in total. The molecule has 3 rings (SSSR count). The van der Waals surface area contributed by atoms with E-state index in [-0.39, 0.29) is 5.91 Å². The fourth-order valence-corrected chi connectivity index (χ4v) is 2.10. The van der Waals surface area contributed by atoms with Gasteiger partial charge in [0.05, 0.1) is 11.2 Å². The summed E-state index contributed by atoms with van der Waals surface area (Å²) >= 11 is 0. The van der Waals surface area contributed by atoms with Gasteiger partial charge in [0, 0.05) is 38.2 Å². The maximum absolute atomic E-state index is 12.2. The minimum atomic E-state index is -0.124. The van der Waals surface area contributed by atoms with Crippen molar-refractivity contribution in [3.05, 3.63) is 54.7 Å². The summed E-state index contributed by atoms with van der Waals surface area (Å²) in [5, 5.41) is 0. The average Bonchev–Trinajstić information content (AvgIpc) is 2.87. The molecule has 0 N–H and O–H groups in total. The fourth-order valence-electron chi connectivity index (χ4n) is 2.10. The van der Waals surface area contributed by atoms with Crippen LogP contribution in [0, 0.1) is 0 Å². The highest BCUT2D eigenvalue weighted by Gasteiger charge is 2.19. The lowest BCUT2D eigenvalue weighted by atomic mass is 10.2. The number of rotatable bonds is 2. The monoisotopic (exact) mass is 266 g/mol. The molecule has 0 aliphatic heterocycles. The van der Waals surface area contributed by atoms with Gasteiger partial charge in [-0.05, 0) is 24.3 Å². The molecule has 0 unspecified atom stereocenters. The number of pyridine rings is 2. The highest BCUT2D eigenvalue weighted by atomic mass is 16.2. The summed E-state index contributed by atoms with van der Waals surface area (Å²) in [5.74, 6) is 0.283. The summed E-state index contributed by atoms with van der Waals surface area (Å²) in [6.07, 6.45) is 5.31. The third-order valence-electron chi connectivity index (χ3n) is 3.08. The normalized spacial score (nSPS) is 10.7. The first-order valence-electron chi connectivity index (χ1n) is 6.27. The van der Waals surface area contributed by atoms with Gasteiger partial charge in [0.1, 0.15) is 0 Å². The first-order chi connectivity index (χ1) is 9.68. The third kappa shape index (κ3) is 1.93. The zero-order chi connectivity index (χ0) is 14.1. The first kappa shape index (κ1) is 12.3. The second-order valence-corrected chi connectivity index (χ2v) is 4.68. The van der Waals surface area contributed by atoms with E-state index in [9.17, 15) is 4.79 Å². The summed E-state index contributed by atoms with van der Waals surface area (Å²) in [6.45, 7) is 0. The Bertz CT molecular complexity index is 762. The number of hydrogen-bond acceptors (Lipinski definition) is 3. The van der Waals surface area contributed by atoms with Crippen LogP contribution >= 0.6 is 0 Å². The molecule has 0 fully saturated rings. The van der Waals surface area contributed by atoms with E-state index >= 15 is 0 Å². The van der Waals surface area contributed by atoms with Crippen molar-refractivity contribution in [3.8, 4) is 11.3 Å². The number of nitrogens with zero attached hydrogens (tertiary/aromatic N) is 4. The number of aromatic nitrogens is 3. The van der Waals surface area contributed by atoms with Crippen LogP contribution in [0.25, 0.3) is 16.8 Å². The molecule has 100 valence electrons. The molecule has 20 heavy (non-hydrogen) atoms. The molecule has 1 amide bonds. The number of carbonyl (C=O) groups is 1. The SMILES string of the molecule is CN(C)C(=O)c1nc(-c2cccnc2)c2ccccn12. The van der Waals surface area contributed by atoms with Crippen molar-refractivity contribution in [1.82, 2.24) is 19.3 Å². The highest BCUT2D eigenvalue weighted by molar-refractivity contribution is 5.94. The lowest BCUT2D eigenvalue weighted by Gasteiger charge is -2.08. The van der Waals surface area contributed by atoms with Crippen molar-refractivity contribution in [2.45, 2.75) is 0 Å². The van der Waals surface area contributed by atoms with Crippen molar-refractivity contribution in [1.29, 1.82) is 0 Å². The number of carbonyl (C=O) groups excluding carboxylic acids is 1. The van der Waals surface area contributed by atoms with Gasteiger partial charge in [-0.15, -0.1) is 0 Å². The third-order valence-corrected chi connectivity index (χ3v) is 3.08. The van der Waals surface area contributed by atoms with Crippen LogP contribution in [-0.4, -0.2) is 39.3 Å². The number of fused-ring (bicyclic) bond motifs is 1. The molecule has 0 bridgehead atoms. The van der Waals surface area contributed by atoms with Gasteiger partial charge in [0.25, 0.3) is 5.91 Å². The molecule has 5 heteroatoms. The Morgan fingerprint density at radius 2 is 2.05 bits per heavy atom. The predicted molar refractivity (Wildman–Crippen MR) is 76.4 cm³/mol. The van der Waals surface area contributed by atoms with Crippen molar-refractivity contribution in [2.75, 3.05) is 14.1 Å². The Morgan fingerprint density at radius 3 is 2.75 bits per heavy atom. The first-order valence-corrected chi connectivity index (χ1v) is 6.27. The zero-order valence-corrected chi connectivity index (χ0v) is 11.3. The molecule has 0 aliphatic carbocycles. The predicted octanol–water partition coefficient (Wildman–Crippen LogP) is 2.10. The van der Waals surface area contributed by atoms with E-state index in [1.54, 1.807) is 26.5 Å². The molecule has 0 saturated heterocycles. The molecule has 3 aromatic heterocycles. The van der Waals surface area contributed by atoms with E-state index in [0.29, 0.717) is 5.82 Å². The van der Waals surface area contributed by atoms with Gasteiger partial charge < -0.3 is 4.90 Å². The lowest BCUT2D eigenvalue weighted by molar-refractivity contribution is 0.0815. The maximum Gasteiger partial charge on any atom is 0.289 e. The molecule has 0 atom stereocenters. The molecule has 0 radical (unpaired) electrons. The smallest absolute Gasteiger partial charge is 0.289 e. The van der Waals surface area contributed by atoms with Gasteiger partial charge in [-0.25, -0.2) is 4.98 Å². The van der Waals surface area contributed by atoms with E-state index in [1.807, 2.05) is 40.9 Å². The van der Waals surface area contributed by atoms with Crippen LogP contribution in [0.5, 0.6) is 0 Å². The Balaban J connectivity index is 2.27. The van der Waals surface area contributed by atoms with E-state index in [4.69, 9.17) is 0 Å². The molecule has 3 aromatic rings. The van der Waals surface area contributed by atoms with Crippen LogP contribution in [-0.2, 0) is 0 Å². The quantitative estimate of drug-likeness (QED) is 0.713. The highest BCUT2D eigenvalue weighted by Crippen LogP contribution is 2.24. The van der Waals surface area contributed by atoms with Gasteiger partial charge in [-0.2, -0.15) is 0 Å². The zero-order valence-electron chi connectivity index (χ0n) is 11.3. The van der Waals surface area contributed by atoms with Gasteiger partial charge in [0.2, 0.25) is 5.82 Å². The van der Waals surface area contributed by atoms with Crippen LogP contribution in [0.1, 0.15) is 10.6 Å². The molecule has 0 aliphatic rings. The fraction of sp³-hybridized carbons (Fsp3) is 0.133. The van der Waals surface area contributed by atoms with Gasteiger partial charge in [0.15, 0.2) is 0 Å². The summed E-state index contributed by atoms with van der Waals surface area (Å²) in [4.78, 5) is 22.4. The number of amides is 1. The lowest BCUT2D eigenvalue weighted by Crippen LogP contribution is -2.24. The largest absolute Gasteiger partial charge is 0.342 e. The summed E-state index contributed by atoms with van der Waals surface area (Å²) in [5.41, 5.74) is 2.56. The molecule has 3 heterocycles. The summed E-state index contributed by atoms with van der Waals surface area (Å²) in [6, 6.07) is 9.56. The minimum Gasteiger partial charge on any atom is -0.342 e. The van der Waals surface area contributed by atoms with Crippen molar-refractivity contribution < 1.29 is 4.79 Å². The van der Waals surface area contributed by atoms with Crippen LogP contribution < -0.4 is 0 Å². The second kappa shape index (κ2) is 4.77. The topological polar surface area (TPSA) is 50.5 Å². The van der Waals surface area contributed by atoms with E-state index in [2.05, 4.69) is 9.97 Å². The van der Waals surface area contributed by atoms with E-state index < -0.39 is 0 Å². The van der Waals surface area contributed by atoms with Gasteiger partial charge in [-0.3, -0.25) is 14.2 Å². The van der Waals surface area contributed by atoms with Gasteiger partial charge in [-0.1, -0.05) is 6.07 Å². The van der Waals surface area contributed by atoms with Gasteiger partial charge >= 0.3 is 0 Å². The standard InChI is InChI=1S/C15H14N4O/c1-18(2)15(20)14-17-13(11-6-5-8-16-10-11)12-7-3-4-9-19(12)14/h3-10H,1-2H3. The summed E-state index contributed by atoms with van der Waals surface area (Å²) < 4.78 is 1.81. The van der Waals surface area contributed by atoms with Crippen molar-refractivity contribution in [3.63, 3.8) is 0 Å². The Kier molecular flexibility index (Phi) is 2.95. The van der Waals surface area contributed by atoms with E-state index in [1.165, 1.54) is 4.90 Å². The van der Waals surface area contributed by atoms with E-state index in [0.717, 1.165) is 16.8 Å².